The van der Waals surface area contributed by atoms with Gasteiger partial charge in [-0.3, -0.25) is 9.69 Å². The summed E-state index contributed by atoms with van der Waals surface area (Å²) in [5, 5.41) is 6.61. The van der Waals surface area contributed by atoms with Gasteiger partial charge in [0, 0.05) is 38.1 Å². The number of amides is 1. The second kappa shape index (κ2) is 4.94. The first kappa shape index (κ1) is 11.5. The summed E-state index contributed by atoms with van der Waals surface area (Å²) in [7, 11) is 0. The number of fused-ring (bicyclic) bond motifs is 1. The van der Waals surface area contributed by atoms with Gasteiger partial charge in [0.25, 0.3) is 0 Å². The fraction of sp³-hybridized carbons (Fsp3) is 0.923. The van der Waals surface area contributed by atoms with Crippen molar-refractivity contribution in [3.63, 3.8) is 0 Å². The van der Waals surface area contributed by atoms with Crippen molar-refractivity contribution in [3.8, 4) is 0 Å². The van der Waals surface area contributed by atoms with E-state index in [9.17, 15) is 4.79 Å². The lowest BCUT2D eigenvalue weighted by atomic mass is 9.94. The van der Waals surface area contributed by atoms with Crippen LogP contribution in [0.15, 0.2) is 0 Å². The van der Waals surface area contributed by atoms with Gasteiger partial charge >= 0.3 is 0 Å². The molecule has 0 aromatic rings. The Morgan fingerprint density at radius 3 is 2.88 bits per heavy atom. The molecule has 3 rings (SSSR count). The lowest BCUT2D eigenvalue weighted by molar-refractivity contribution is -0.121. The van der Waals surface area contributed by atoms with Crippen molar-refractivity contribution in [2.45, 2.75) is 44.2 Å². The average molecular weight is 237 g/mol. The van der Waals surface area contributed by atoms with E-state index in [2.05, 4.69) is 15.5 Å². The van der Waals surface area contributed by atoms with E-state index >= 15 is 0 Å². The number of carbonyl (C=O) groups is 1. The molecular formula is C13H23N3O. The Labute approximate surface area is 103 Å². The summed E-state index contributed by atoms with van der Waals surface area (Å²) in [4.78, 5) is 14.2. The molecule has 0 aliphatic carbocycles. The summed E-state index contributed by atoms with van der Waals surface area (Å²) in [5.74, 6) is 1.07. The maximum Gasteiger partial charge on any atom is 0.221 e. The molecule has 3 atom stereocenters. The number of piperidine rings is 1. The Bertz CT molecular complexity index is 280. The van der Waals surface area contributed by atoms with Crippen molar-refractivity contribution in [3.05, 3.63) is 0 Å². The Kier molecular flexibility index (Phi) is 3.34. The number of hydrogen-bond acceptors (Lipinski definition) is 3. The number of nitrogens with zero attached hydrogens (tertiary/aromatic N) is 1. The first-order valence-corrected chi connectivity index (χ1v) is 7.07. The highest BCUT2D eigenvalue weighted by Crippen LogP contribution is 2.28. The van der Waals surface area contributed by atoms with Gasteiger partial charge in [0.15, 0.2) is 0 Å². The second-order valence-corrected chi connectivity index (χ2v) is 5.77. The molecule has 3 aliphatic heterocycles. The van der Waals surface area contributed by atoms with E-state index in [1.165, 1.54) is 32.4 Å². The molecule has 3 heterocycles. The van der Waals surface area contributed by atoms with E-state index in [0.29, 0.717) is 18.5 Å². The number of nitrogens with one attached hydrogen (secondary N) is 2. The molecular weight excluding hydrogens is 214 g/mol. The van der Waals surface area contributed by atoms with Crippen LogP contribution in [0.25, 0.3) is 0 Å². The molecule has 0 radical (unpaired) electrons. The van der Waals surface area contributed by atoms with Crippen molar-refractivity contribution in [2.75, 3.05) is 26.2 Å². The number of hydrogen-bond donors (Lipinski definition) is 2. The third kappa shape index (κ3) is 2.47. The largest absolute Gasteiger partial charge is 0.356 e. The second-order valence-electron chi connectivity index (χ2n) is 5.77. The molecule has 17 heavy (non-hydrogen) atoms. The van der Waals surface area contributed by atoms with Crippen LogP contribution >= 0.6 is 0 Å². The van der Waals surface area contributed by atoms with Gasteiger partial charge in [0.05, 0.1) is 0 Å². The number of rotatable bonds is 1. The van der Waals surface area contributed by atoms with Crippen molar-refractivity contribution >= 4 is 5.91 Å². The lowest BCUT2D eigenvalue weighted by Crippen LogP contribution is -2.41. The highest BCUT2D eigenvalue weighted by Gasteiger charge is 2.37. The minimum Gasteiger partial charge on any atom is -0.356 e. The number of carbonyl (C=O) groups excluding carboxylic acids is 1. The molecule has 0 bridgehead atoms. The van der Waals surface area contributed by atoms with Gasteiger partial charge in [-0.15, -0.1) is 0 Å². The van der Waals surface area contributed by atoms with Crippen molar-refractivity contribution in [2.24, 2.45) is 5.92 Å². The third-order valence-corrected chi connectivity index (χ3v) is 4.60. The monoisotopic (exact) mass is 237 g/mol. The maximum absolute atomic E-state index is 11.6. The summed E-state index contributed by atoms with van der Waals surface area (Å²) < 4.78 is 0. The molecule has 0 aromatic carbocycles. The van der Waals surface area contributed by atoms with Crippen LogP contribution < -0.4 is 10.6 Å². The minimum absolute atomic E-state index is 0.246. The molecule has 96 valence electrons. The Morgan fingerprint density at radius 2 is 2.00 bits per heavy atom. The maximum atomic E-state index is 11.6. The summed E-state index contributed by atoms with van der Waals surface area (Å²) in [6.45, 7) is 4.41. The Morgan fingerprint density at radius 1 is 1.12 bits per heavy atom. The van der Waals surface area contributed by atoms with Crippen LogP contribution in [0, 0.1) is 5.92 Å². The van der Waals surface area contributed by atoms with Crippen LogP contribution in [-0.2, 0) is 4.79 Å². The van der Waals surface area contributed by atoms with Gasteiger partial charge in [-0.2, -0.15) is 0 Å². The van der Waals surface area contributed by atoms with Gasteiger partial charge in [-0.1, -0.05) is 0 Å². The van der Waals surface area contributed by atoms with E-state index in [0.717, 1.165) is 25.4 Å². The van der Waals surface area contributed by atoms with Crippen LogP contribution in [0.4, 0.5) is 0 Å². The first-order chi connectivity index (χ1) is 8.33. The Balaban J connectivity index is 1.62. The predicted molar refractivity (Wildman–Crippen MR) is 66.7 cm³/mol. The zero-order valence-corrected chi connectivity index (χ0v) is 10.5. The fourth-order valence-corrected chi connectivity index (χ4v) is 3.64. The Hall–Kier alpha value is -0.610. The molecule has 3 aliphatic rings. The van der Waals surface area contributed by atoms with Crippen molar-refractivity contribution in [1.82, 2.24) is 15.5 Å². The van der Waals surface area contributed by atoms with Crippen molar-refractivity contribution in [1.29, 1.82) is 0 Å². The fourth-order valence-electron chi connectivity index (χ4n) is 3.64. The zero-order chi connectivity index (χ0) is 11.7. The highest BCUT2D eigenvalue weighted by molar-refractivity contribution is 5.76. The van der Waals surface area contributed by atoms with Gasteiger partial charge in [-0.05, 0) is 38.1 Å². The summed E-state index contributed by atoms with van der Waals surface area (Å²) in [6, 6.07) is 1.18. The van der Waals surface area contributed by atoms with E-state index in [1.807, 2.05) is 0 Å². The van der Waals surface area contributed by atoms with Crippen LogP contribution in [0.3, 0.4) is 0 Å². The van der Waals surface area contributed by atoms with Crippen molar-refractivity contribution < 1.29 is 4.79 Å². The van der Waals surface area contributed by atoms with E-state index in [1.54, 1.807) is 0 Å². The molecule has 2 N–H and O–H groups in total. The molecule has 4 heteroatoms. The quantitative estimate of drug-likeness (QED) is 0.691. The smallest absolute Gasteiger partial charge is 0.221 e. The summed E-state index contributed by atoms with van der Waals surface area (Å²) >= 11 is 0. The topological polar surface area (TPSA) is 44.4 Å². The van der Waals surface area contributed by atoms with Gasteiger partial charge in [0.2, 0.25) is 5.91 Å². The normalized spacial score (nSPS) is 39.5. The predicted octanol–water partition coefficient (Wildman–Crippen LogP) is 0.339. The van der Waals surface area contributed by atoms with Crippen LogP contribution in [0.1, 0.15) is 32.1 Å². The molecule has 0 spiro atoms. The summed E-state index contributed by atoms with van der Waals surface area (Å²) in [6.07, 6.45) is 5.71. The SMILES string of the molecule is O=C1CC(N2C[C@@H]3CCCN[C@@H]3C2)CCCN1. The average Bonchev–Trinajstić information content (AvgIpc) is 2.65. The van der Waals surface area contributed by atoms with Crippen LogP contribution in [0.2, 0.25) is 0 Å². The van der Waals surface area contributed by atoms with E-state index in [4.69, 9.17) is 0 Å². The van der Waals surface area contributed by atoms with E-state index in [-0.39, 0.29) is 5.91 Å². The molecule has 3 fully saturated rings. The molecule has 3 saturated heterocycles. The molecule has 4 nitrogen and oxygen atoms in total. The van der Waals surface area contributed by atoms with Gasteiger partial charge < -0.3 is 10.6 Å². The van der Waals surface area contributed by atoms with Gasteiger partial charge in [-0.25, -0.2) is 0 Å². The minimum atomic E-state index is 0.246. The van der Waals surface area contributed by atoms with Crippen LogP contribution in [-0.4, -0.2) is 49.1 Å². The molecule has 0 aromatic heterocycles. The first-order valence-electron chi connectivity index (χ1n) is 7.07. The standard InChI is InChI=1S/C13H23N3O/c17-13-7-11(4-2-6-15-13)16-8-10-3-1-5-14-12(10)9-16/h10-12,14H,1-9H2,(H,15,17)/t10-,11?,12+/m0/s1. The zero-order valence-electron chi connectivity index (χ0n) is 10.5. The number of likely N-dealkylation sites (tertiary alicyclic amines) is 1. The molecule has 1 amide bonds. The van der Waals surface area contributed by atoms with E-state index < -0.39 is 0 Å². The highest BCUT2D eigenvalue weighted by atomic mass is 16.1. The summed E-state index contributed by atoms with van der Waals surface area (Å²) in [5.41, 5.74) is 0. The van der Waals surface area contributed by atoms with Gasteiger partial charge in [0.1, 0.15) is 0 Å². The lowest BCUT2D eigenvalue weighted by Gasteiger charge is -2.25. The molecule has 1 unspecified atom stereocenters. The third-order valence-electron chi connectivity index (χ3n) is 4.60. The van der Waals surface area contributed by atoms with Crippen LogP contribution in [0.5, 0.6) is 0 Å². The molecule has 0 saturated carbocycles.